The number of anilines is 1. The number of hydrogen-bond donors (Lipinski definition) is 1. The highest BCUT2D eigenvalue weighted by Crippen LogP contribution is 2.27. The van der Waals surface area contributed by atoms with Crippen LogP contribution in [0.5, 0.6) is 0 Å². The van der Waals surface area contributed by atoms with Crippen molar-refractivity contribution in [3.63, 3.8) is 0 Å². The standard InChI is InChI=1S/C14H15N5S/c1-9-15-13-7-6-10(8-19(13)18-9)16-14-17-11-4-2-3-5-12(11)20-14/h2-5,10H,6-8H2,1H3,(H,16,17). The summed E-state index contributed by atoms with van der Waals surface area (Å²) in [6.07, 6.45) is 2.05. The number of benzene rings is 1. The average Bonchev–Trinajstić information content (AvgIpc) is 2.99. The van der Waals surface area contributed by atoms with Gasteiger partial charge in [0.1, 0.15) is 11.6 Å². The van der Waals surface area contributed by atoms with Crippen LogP contribution in [0.25, 0.3) is 10.2 Å². The van der Waals surface area contributed by atoms with E-state index < -0.39 is 0 Å². The molecule has 102 valence electrons. The minimum Gasteiger partial charge on any atom is -0.357 e. The maximum atomic E-state index is 4.63. The second-order valence-corrected chi connectivity index (χ2v) is 6.15. The Morgan fingerprint density at radius 1 is 1.30 bits per heavy atom. The van der Waals surface area contributed by atoms with E-state index in [4.69, 9.17) is 0 Å². The van der Waals surface area contributed by atoms with Gasteiger partial charge in [0.05, 0.1) is 16.8 Å². The van der Waals surface area contributed by atoms with Gasteiger partial charge in [0.2, 0.25) is 0 Å². The maximum absolute atomic E-state index is 4.63. The van der Waals surface area contributed by atoms with E-state index >= 15 is 0 Å². The van der Waals surface area contributed by atoms with E-state index in [1.807, 2.05) is 17.7 Å². The number of nitrogens with zero attached hydrogens (tertiary/aromatic N) is 4. The number of rotatable bonds is 2. The molecule has 3 aromatic rings. The van der Waals surface area contributed by atoms with Crippen molar-refractivity contribution < 1.29 is 0 Å². The maximum Gasteiger partial charge on any atom is 0.184 e. The minimum atomic E-state index is 0.379. The average molecular weight is 285 g/mol. The van der Waals surface area contributed by atoms with Crippen molar-refractivity contribution in [3.8, 4) is 0 Å². The summed E-state index contributed by atoms with van der Waals surface area (Å²) in [6.45, 7) is 2.81. The Morgan fingerprint density at radius 3 is 3.10 bits per heavy atom. The molecule has 2 aromatic heterocycles. The van der Waals surface area contributed by atoms with Crippen LogP contribution < -0.4 is 5.32 Å². The van der Waals surface area contributed by atoms with E-state index in [1.165, 1.54) is 4.70 Å². The number of nitrogens with one attached hydrogen (secondary N) is 1. The van der Waals surface area contributed by atoms with Gasteiger partial charge in [-0.25, -0.2) is 14.6 Å². The lowest BCUT2D eigenvalue weighted by atomic mass is 10.1. The molecule has 0 aliphatic carbocycles. The molecule has 1 unspecified atom stereocenters. The van der Waals surface area contributed by atoms with Gasteiger partial charge in [-0.05, 0) is 25.5 Å². The van der Waals surface area contributed by atoms with Gasteiger partial charge >= 0.3 is 0 Å². The van der Waals surface area contributed by atoms with Gasteiger partial charge in [-0.1, -0.05) is 23.5 Å². The minimum absolute atomic E-state index is 0.379. The molecule has 0 fully saturated rings. The molecule has 4 rings (SSSR count). The van der Waals surface area contributed by atoms with Gasteiger partial charge < -0.3 is 5.32 Å². The molecule has 1 aliphatic rings. The monoisotopic (exact) mass is 285 g/mol. The number of hydrogen-bond acceptors (Lipinski definition) is 5. The summed E-state index contributed by atoms with van der Waals surface area (Å²) < 4.78 is 3.24. The zero-order valence-electron chi connectivity index (χ0n) is 11.2. The molecule has 1 aromatic carbocycles. The fourth-order valence-corrected chi connectivity index (χ4v) is 3.60. The highest BCUT2D eigenvalue weighted by atomic mass is 32.1. The smallest absolute Gasteiger partial charge is 0.184 e. The van der Waals surface area contributed by atoms with Crippen LogP contribution in [-0.4, -0.2) is 25.8 Å². The number of aromatic nitrogens is 4. The number of thiazole rings is 1. The van der Waals surface area contributed by atoms with Crippen molar-refractivity contribution >= 4 is 26.7 Å². The summed E-state index contributed by atoms with van der Waals surface area (Å²) in [6, 6.07) is 8.62. The Morgan fingerprint density at radius 2 is 2.20 bits per heavy atom. The molecule has 3 heterocycles. The second kappa shape index (κ2) is 4.56. The van der Waals surface area contributed by atoms with Crippen molar-refractivity contribution in [1.29, 1.82) is 0 Å². The first-order valence-electron chi connectivity index (χ1n) is 6.80. The quantitative estimate of drug-likeness (QED) is 0.786. The van der Waals surface area contributed by atoms with E-state index in [1.54, 1.807) is 11.3 Å². The predicted molar refractivity (Wildman–Crippen MR) is 80.1 cm³/mol. The highest BCUT2D eigenvalue weighted by Gasteiger charge is 2.21. The third kappa shape index (κ3) is 2.06. The first-order valence-corrected chi connectivity index (χ1v) is 7.62. The molecular formula is C14H15N5S. The molecule has 0 radical (unpaired) electrons. The summed E-state index contributed by atoms with van der Waals surface area (Å²) in [5.41, 5.74) is 1.06. The largest absolute Gasteiger partial charge is 0.357 e. The Kier molecular flexibility index (Phi) is 2.70. The van der Waals surface area contributed by atoms with Crippen LogP contribution in [0, 0.1) is 6.92 Å². The lowest BCUT2D eigenvalue weighted by Crippen LogP contribution is -2.31. The summed E-state index contributed by atoms with van der Waals surface area (Å²) in [5.74, 6) is 1.96. The highest BCUT2D eigenvalue weighted by molar-refractivity contribution is 7.22. The van der Waals surface area contributed by atoms with Gasteiger partial charge in [0.25, 0.3) is 0 Å². The molecule has 0 spiro atoms. The summed E-state index contributed by atoms with van der Waals surface area (Å²) in [5, 5.41) is 8.97. The lowest BCUT2D eigenvalue weighted by Gasteiger charge is -2.23. The number of fused-ring (bicyclic) bond motifs is 2. The summed E-state index contributed by atoms with van der Waals surface area (Å²) >= 11 is 1.71. The van der Waals surface area contributed by atoms with Crippen molar-refractivity contribution in [1.82, 2.24) is 19.7 Å². The van der Waals surface area contributed by atoms with E-state index in [0.717, 1.165) is 41.7 Å². The van der Waals surface area contributed by atoms with E-state index in [-0.39, 0.29) is 0 Å². The van der Waals surface area contributed by atoms with Crippen LogP contribution in [-0.2, 0) is 13.0 Å². The Labute approximate surface area is 120 Å². The molecule has 1 atom stereocenters. The molecule has 0 saturated carbocycles. The molecule has 0 saturated heterocycles. The first kappa shape index (κ1) is 11.8. The van der Waals surface area contributed by atoms with Crippen molar-refractivity contribution in [2.75, 3.05) is 5.32 Å². The third-order valence-electron chi connectivity index (χ3n) is 3.59. The van der Waals surface area contributed by atoms with Crippen LogP contribution >= 0.6 is 11.3 Å². The van der Waals surface area contributed by atoms with Crippen LogP contribution in [0.15, 0.2) is 24.3 Å². The zero-order valence-corrected chi connectivity index (χ0v) is 12.0. The molecule has 5 nitrogen and oxygen atoms in total. The van der Waals surface area contributed by atoms with Crippen LogP contribution in [0.2, 0.25) is 0 Å². The second-order valence-electron chi connectivity index (χ2n) is 5.12. The van der Waals surface area contributed by atoms with Crippen molar-refractivity contribution in [2.24, 2.45) is 0 Å². The molecule has 1 N–H and O–H groups in total. The van der Waals surface area contributed by atoms with Crippen LogP contribution in [0.3, 0.4) is 0 Å². The fraction of sp³-hybridized carbons (Fsp3) is 0.357. The van der Waals surface area contributed by atoms with Gasteiger partial charge in [0.15, 0.2) is 5.13 Å². The third-order valence-corrected chi connectivity index (χ3v) is 4.55. The molecule has 6 heteroatoms. The Bertz CT molecular complexity index is 727. The zero-order chi connectivity index (χ0) is 13.5. The predicted octanol–water partition coefficient (Wildman–Crippen LogP) is 2.62. The van der Waals surface area contributed by atoms with E-state index in [2.05, 4.69) is 38.6 Å². The summed E-state index contributed by atoms with van der Waals surface area (Å²) in [4.78, 5) is 9.07. The van der Waals surface area contributed by atoms with Gasteiger partial charge in [-0.15, -0.1) is 0 Å². The van der Waals surface area contributed by atoms with Crippen molar-refractivity contribution in [3.05, 3.63) is 35.9 Å². The topological polar surface area (TPSA) is 55.6 Å². The Balaban J connectivity index is 1.55. The van der Waals surface area contributed by atoms with E-state index in [0.29, 0.717) is 6.04 Å². The lowest BCUT2D eigenvalue weighted by molar-refractivity contribution is 0.441. The molecule has 0 bridgehead atoms. The molecular weight excluding hydrogens is 270 g/mol. The van der Waals surface area contributed by atoms with Crippen LogP contribution in [0.4, 0.5) is 5.13 Å². The Hall–Kier alpha value is -1.95. The molecule has 1 aliphatic heterocycles. The normalized spacial score (nSPS) is 18.1. The number of aryl methyl sites for hydroxylation is 2. The first-order chi connectivity index (χ1) is 9.78. The SMILES string of the molecule is Cc1nc2n(n1)CC(Nc1nc3ccccc3s1)CC2. The fourth-order valence-electron chi connectivity index (χ4n) is 2.66. The molecule has 0 amide bonds. The number of para-hydroxylation sites is 1. The van der Waals surface area contributed by atoms with E-state index in [9.17, 15) is 0 Å². The van der Waals surface area contributed by atoms with Gasteiger partial charge in [0, 0.05) is 12.5 Å². The van der Waals surface area contributed by atoms with Crippen LogP contribution in [0.1, 0.15) is 18.1 Å². The summed E-state index contributed by atoms with van der Waals surface area (Å²) in [7, 11) is 0. The van der Waals surface area contributed by atoms with Crippen molar-refractivity contribution in [2.45, 2.75) is 32.4 Å². The van der Waals surface area contributed by atoms with Gasteiger partial charge in [-0.3, -0.25) is 0 Å². The van der Waals surface area contributed by atoms with Gasteiger partial charge in [-0.2, -0.15) is 5.10 Å². The molecule has 20 heavy (non-hydrogen) atoms.